The summed E-state index contributed by atoms with van der Waals surface area (Å²) in [6.07, 6.45) is 3.29. The first-order chi connectivity index (χ1) is 10.2. The van der Waals surface area contributed by atoms with Crippen molar-refractivity contribution in [3.05, 3.63) is 47.4 Å². The average Bonchev–Trinajstić information content (AvgIpc) is 2.52. The van der Waals surface area contributed by atoms with Crippen LogP contribution >= 0.6 is 0 Å². The Bertz CT molecular complexity index is 602. The molecule has 0 aliphatic heterocycles. The van der Waals surface area contributed by atoms with Crippen LogP contribution < -0.4 is 14.8 Å². The number of hydrogen-bond donors (Lipinski definition) is 1. The highest BCUT2D eigenvalue weighted by atomic mass is 16.5. The molecule has 5 nitrogen and oxygen atoms in total. The van der Waals surface area contributed by atoms with Crippen molar-refractivity contribution in [3.8, 4) is 11.6 Å². The lowest BCUT2D eigenvalue weighted by Gasteiger charge is -2.21. The fraction of sp³-hybridized carbons (Fsp3) is 0.375. The number of aryl methyl sites for hydroxylation is 1. The second-order valence-electron chi connectivity index (χ2n) is 4.69. The smallest absolute Gasteiger partial charge is 0.237 e. The van der Waals surface area contributed by atoms with Gasteiger partial charge in [-0.15, -0.1) is 0 Å². The van der Waals surface area contributed by atoms with Crippen molar-refractivity contribution in [2.24, 2.45) is 0 Å². The standard InChI is InChI=1S/C16H21N3O2/c1-5-17-14(15-16(21-4)19-9-8-18-15)12-10-11(2)6-7-13(12)20-3/h6-10,14,17H,5H2,1-4H3. The third-order valence-corrected chi connectivity index (χ3v) is 3.26. The van der Waals surface area contributed by atoms with Crippen LogP contribution in [0.1, 0.15) is 29.8 Å². The predicted molar refractivity (Wildman–Crippen MR) is 81.8 cm³/mol. The Morgan fingerprint density at radius 2 is 1.90 bits per heavy atom. The van der Waals surface area contributed by atoms with Crippen LogP contribution in [0.3, 0.4) is 0 Å². The lowest BCUT2D eigenvalue weighted by Crippen LogP contribution is -2.24. The molecule has 0 saturated heterocycles. The zero-order chi connectivity index (χ0) is 15.2. The minimum absolute atomic E-state index is 0.131. The molecule has 0 spiro atoms. The second-order valence-corrected chi connectivity index (χ2v) is 4.69. The van der Waals surface area contributed by atoms with Gasteiger partial charge in [0.25, 0.3) is 0 Å². The fourth-order valence-corrected chi connectivity index (χ4v) is 2.33. The first-order valence-electron chi connectivity index (χ1n) is 6.94. The van der Waals surface area contributed by atoms with Crippen LogP contribution in [0.25, 0.3) is 0 Å². The van der Waals surface area contributed by atoms with Crippen molar-refractivity contribution >= 4 is 0 Å². The van der Waals surface area contributed by atoms with Crippen LogP contribution in [0.4, 0.5) is 0 Å². The molecule has 21 heavy (non-hydrogen) atoms. The lowest BCUT2D eigenvalue weighted by atomic mass is 10.00. The molecule has 0 saturated carbocycles. The van der Waals surface area contributed by atoms with Gasteiger partial charge in [-0.3, -0.25) is 4.98 Å². The molecule has 1 unspecified atom stereocenters. The molecule has 112 valence electrons. The summed E-state index contributed by atoms with van der Waals surface area (Å²) in [4.78, 5) is 8.68. The maximum Gasteiger partial charge on any atom is 0.237 e. The Balaban J connectivity index is 2.55. The first-order valence-corrected chi connectivity index (χ1v) is 6.94. The quantitative estimate of drug-likeness (QED) is 0.884. The van der Waals surface area contributed by atoms with Crippen LogP contribution in [0.2, 0.25) is 0 Å². The molecular formula is C16H21N3O2. The molecule has 1 N–H and O–H groups in total. The summed E-state index contributed by atoms with van der Waals surface area (Å²) < 4.78 is 10.8. The van der Waals surface area contributed by atoms with Crippen LogP contribution in [0.5, 0.6) is 11.6 Å². The van der Waals surface area contributed by atoms with E-state index < -0.39 is 0 Å². The van der Waals surface area contributed by atoms with Crippen molar-refractivity contribution < 1.29 is 9.47 Å². The maximum atomic E-state index is 5.49. The van der Waals surface area contributed by atoms with Gasteiger partial charge in [0.15, 0.2) is 0 Å². The topological polar surface area (TPSA) is 56.3 Å². The van der Waals surface area contributed by atoms with Gasteiger partial charge in [-0.25, -0.2) is 4.98 Å². The Hall–Kier alpha value is -2.14. The summed E-state index contributed by atoms with van der Waals surface area (Å²) in [5.74, 6) is 1.34. The number of benzene rings is 1. The zero-order valence-electron chi connectivity index (χ0n) is 12.9. The molecule has 1 atom stereocenters. The number of aromatic nitrogens is 2. The highest BCUT2D eigenvalue weighted by Crippen LogP contribution is 2.33. The summed E-state index contributed by atoms with van der Waals surface area (Å²) >= 11 is 0. The first kappa shape index (κ1) is 15.3. The van der Waals surface area contributed by atoms with Gasteiger partial charge in [0, 0.05) is 18.0 Å². The van der Waals surface area contributed by atoms with E-state index in [4.69, 9.17) is 9.47 Å². The maximum absolute atomic E-state index is 5.49. The van der Waals surface area contributed by atoms with Gasteiger partial charge < -0.3 is 14.8 Å². The molecule has 0 radical (unpaired) electrons. The molecule has 0 aliphatic rings. The molecule has 5 heteroatoms. The largest absolute Gasteiger partial charge is 0.496 e. The minimum atomic E-state index is -0.131. The van der Waals surface area contributed by atoms with E-state index in [0.717, 1.165) is 29.1 Å². The van der Waals surface area contributed by atoms with E-state index >= 15 is 0 Å². The van der Waals surface area contributed by atoms with Crippen molar-refractivity contribution in [1.82, 2.24) is 15.3 Å². The number of ether oxygens (including phenoxy) is 2. The summed E-state index contributed by atoms with van der Waals surface area (Å²) in [5.41, 5.74) is 2.94. The highest BCUT2D eigenvalue weighted by Gasteiger charge is 2.23. The average molecular weight is 287 g/mol. The number of hydrogen-bond acceptors (Lipinski definition) is 5. The van der Waals surface area contributed by atoms with Gasteiger partial charge in [-0.2, -0.15) is 0 Å². The van der Waals surface area contributed by atoms with Gasteiger partial charge in [-0.1, -0.05) is 24.6 Å². The molecular weight excluding hydrogens is 266 g/mol. The van der Waals surface area contributed by atoms with Crippen molar-refractivity contribution in [1.29, 1.82) is 0 Å². The van der Waals surface area contributed by atoms with Gasteiger partial charge >= 0.3 is 0 Å². The Morgan fingerprint density at radius 1 is 1.14 bits per heavy atom. The van der Waals surface area contributed by atoms with Crippen molar-refractivity contribution in [3.63, 3.8) is 0 Å². The fourth-order valence-electron chi connectivity index (χ4n) is 2.33. The highest BCUT2D eigenvalue weighted by molar-refractivity contribution is 5.44. The third-order valence-electron chi connectivity index (χ3n) is 3.26. The number of nitrogens with one attached hydrogen (secondary N) is 1. The van der Waals surface area contributed by atoms with Crippen LogP contribution in [-0.4, -0.2) is 30.7 Å². The van der Waals surface area contributed by atoms with Crippen molar-refractivity contribution in [2.45, 2.75) is 19.9 Å². The van der Waals surface area contributed by atoms with Gasteiger partial charge in [0.2, 0.25) is 5.88 Å². The molecule has 1 heterocycles. The number of nitrogens with zero attached hydrogens (tertiary/aromatic N) is 2. The Labute approximate surface area is 125 Å². The van der Waals surface area contributed by atoms with Crippen LogP contribution in [0, 0.1) is 6.92 Å². The van der Waals surface area contributed by atoms with E-state index in [1.54, 1.807) is 26.6 Å². The van der Waals surface area contributed by atoms with E-state index in [1.807, 2.05) is 12.1 Å². The summed E-state index contributed by atoms with van der Waals surface area (Å²) in [5, 5.41) is 3.43. The van der Waals surface area contributed by atoms with Crippen LogP contribution in [0.15, 0.2) is 30.6 Å². The molecule has 0 aliphatic carbocycles. The predicted octanol–water partition coefficient (Wildman–Crippen LogP) is 2.50. The lowest BCUT2D eigenvalue weighted by molar-refractivity contribution is 0.378. The normalized spacial score (nSPS) is 12.0. The van der Waals surface area contributed by atoms with E-state index in [2.05, 4.69) is 35.2 Å². The molecule has 0 fully saturated rings. The van der Waals surface area contributed by atoms with Gasteiger partial charge in [-0.05, 0) is 19.5 Å². The van der Waals surface area contributed by atoms with Gasteiger partial charge in [0.05, 0.1) is 20.3 Å². The zero-order valence-corrected chi connectivity index (χ0v) is 12.9. The molecule has 1 aromatic heterocycles. The SMILES string of the molecule is CCNC(c1cc(C)ccc1OC)c1nccnc1OC. The molecule has 0 amide bonds. The second kappa shape index (κ2) is 7.04. The van der Waals surface area contributed by atoms with E-state index in [-0.39, 0.29) is 6.04 Å². The summed E-state index contributed by atoms with van der Waals surface area (Å²) in [6, 6.07) is 5.96. The third kappa shape index (κ3) is 3.31. The molecule has 2 rings (SSSR count). The van der Waals surface area contributed by atoms with E-state index in [1.165, 1.54) is 0 Å². The van der Waals surface area contributed by atoms with Crippen LogP contribution in [-0.2, 0) is 0 Å². The number of rotatable bonds is 6. The Morgan fingerprint density at radius 3 is 2.57 bits per heavy atom. The van der Waals surface area contributed by atoms with Crippen molar-refractivity contribution in [2.75, 3.05) is 20.8 Å². The number of methoxy groups -OCH3 is 2. The van der Waals surface area contributed by atoms with Gasteiger partial charge in [0.1, 0.15) is 11.4 Å². The van der Waals surface area contributed by atoms with E-state index in [0.29, 0.717) is 5.88 Å². The Kier molecular flexibility index (Phi) is 5.11. The minimum Gasteiger partial charge on any atom is -0.496 e. The molecule has 2 aromatic rings. The molecule has 1 aromatic carbocycles. The molecule has 0 bridgehead atoms. The monoisotopic (exact) mass is 287 g/mol. The summed E-state index contributed by atoms with van der Waals surface area (Å²) in [6.45, 7) is 4.90. The summed E-state index contributed by atoms with van der Waals surface area (Å²) in [7, 11) is 3.27. The van der Waals surface area contributed by atoms with E-state index in [9.17, 15) is 0 Å².